The van der Waals surface area contributed by atoms with Crippen LogP contribution in [-0.4, -0.2) is 18.5 Å². The van der Waals surface area contributed by atoms with E-state index in [0.717, 1.165) is 19.3 Å². The van der Waals surface area contributed by atoms with Gasteiger partial charge in [-0.3, -0.25) is 4.79 Å². The minimum absolute atomic E-state index is 0.194. The fourth-order valence-corrected chi connectivity index (χ4v) is 1.13. The number of carbonyl (C=O) groups excluding carboxylic acids is 1. The van der Waals surface area contributed by atoms with E-state index in [1.165, 1.54) is 0 Å². The molecule has 0 heterocycles. The molecule has 1 unspecified atom stereocenters. The van der Waals surface area contributed by atoms with Crippen LogP contribution in [0.15, 0.2) is 12.7 Å². The Balaban J connectivity index is 3.99. The molecule has 0 saturated carbocycles. The zero-order valence-electron chi connectivity index (χ0n) is 8.93. The summed E-state index contributed by atoms with van der Waals surface area (Å²) in [6, 6.07) is 0. The summed E-state index contributed by atoms with van der Waals surface area (Å²) < 4.78 is 5.20. The Morgan fingerprint density at radius 1 is 1.62 bits per heavy atom. The highest BCUT2D eigenvalue weighted by Crippen LogP contribution is 2.18. The zero-order chi connectivity index (χ0) is 10.3. The van der Waals surface area contributed by atoms with Gasteiger partial charge in [-0.15, -0.1) is 6.58 Å². The highest BCUT2D eigenvalue weighted by atomic mass is 16.5. The quantitative estimate of drug-likeness (QED) is 0.449. The lowest BCUT2D eigenvalue weighted by Gasteiger charge is -2.24. The van der Waals surface area contributed by atoms with Crippen LogP contribution in [0.4, 0.5) is 0 Å². The maximum absolute atomic E-state index is 11.6. The molecule has 76 valence electrons. The average Bonchev–Trinajstić information content (AvgIpc) is 2.17. The number of carbonyl (C=O) groups is 1. The van der Waals surface area contributed by atoms with Crippen LogP contribution in [0.1, 0.15) is 39.5 Å². The lowest BCUT2D eigenvalue weighted by molar-refractivity contribution is -0.139. The van der Waals surface area contributed by atoms with Crippen molar-refractivity contribution in [3.05, 3.63) is 12.7 Å². The van der Waals surface area contributed by atoms with Crippen LogP contribution in [0, 0.1) is 0 Å². The van der Waals surface area contributed by atoms with E-state index in [0.29, 0.717) is 6.42 Å². The molecule has 0 radical (unpaired) electrons. The number of methoxy groups -OCH3 is 1. The molecule has 2 heteroatoms. The molecule has 0 aromatic rings. The molecule has 0 bridgehead atoms. The van der Waals surface area contributed by atoms with Crippen molar-refractivity contribution in [1.29, 1.82) is 0 Å². The van der Waals surface area contributed by atoms with Gasteiger partial charge in [-0.25, -0.2) is 0 Å². The van der Waals surface area contributed by atoms with Gasteiger partial charge in [0.05, 0.1) is 0 Å². The highest BCUT2D eigenvalue weighted by Gasteiger charge is 2.29. The molecular weight excluding hydrogens is 164 g/mol. The first-order valence-corrected chi connectivity index (χ1v) is 4.80. The molecule has 0 rings (SSSR count). The number of rotatable bonds is 7. The predicted octanol–water partition coefficient (Wildman–Crippen LogP) is 2.73. The van der Waals surface area contributed by atoms with Crippen molar-refractivity contribution in [2.75, 3.05) is 7.11 Å². The second-order valence-electron chi connectivity index (χ2n) is 3.39. The molecule has 0 spiro atoms. The van der Waals surface area contributed by atoms with Crippen LogP contribution in [0.25, 0.3) is 0 Å². The van der Waals surface area contributed by atoms with Gasteiger partial charge >= 0.3 is 0 Å². The van der Waals surface area contributed by atoms with Crippen molar-refractivity contribution in [2.45, 2.75) is 45.1 Å². The molecule has 13 heavy (non-hydrogen) atoms. The molecule has 0 aromatic heterocycles. The van der Waals surface area contributed by atoms with Gasteiger partial charge in [0.15, 0.2) is 5.78 Å². The monoisotopic (exact) mass is 184 g/mol. The Morgan fingerprint density at radius 3 is 2.62 bits per heavy atom. The van der Waals surface area contributed by atoms with Crippen molar-refractivity contribution < 1.29 is 9.53 Å². The third kappa shape index (κ3) is 3.73. The van der Waals surface area contributed by atoms with Gasteiger partial charge < -0.3 is 4.74 Å². The van der Waals surface area contributed by atoms with E-state index in [1.807, 2.05) is 19.9 Å². The molecule has 0 fully saturated rings. The Bertz CT molecular complexity index is 169. The van der Waals surface area contributed by atoms with Crippen LogP contribution in [0.2, 0.25) is 0 Å². The highest BCUT2D eigenvalue weighted by molar-refractivity contribution is 5.86. The lowest BCUT2D eigenvalue weighted by atomic mass is 9.94. The van der Waals surface area contributed by atoms with E-state index in [2.05, 4.69) is 6.58 Å². The van der Waals surface area contributed by atoms with E-state index >= 15 is 0 Å². The summed E-state index contributed by atoms with van der Waals surface area (Å²) in [7, 11) is 1.59. The van der Waals surface area contributed by atoms with Gasteiger partial charge in [0.25, 0.3) is 0 Å². The Labute approximate surface area is 81.0 Å². The third-order valence-corrected chi connectivity index (χ3v) is 2.53. The molecule has 0 aliphatic carbocycles. The van der Waals surface area contributed by atoms with E-state index in [-0.39, 0.29) is 5.78 Å². The second-order valence-corrected chi connectivity index (χ2v) is 3.39. The Morgan fingerprint density at radius 2 is 2.23 bits per heavy atom. The van der Waals surface area contributed by atoms with Crippen LogP contribution in [0.5, 0.6) is 0 Å². The smallest absolute Gasteiger partial charge is 0.164 e. The van der Waals surface area contributed by atoms with Gasteiger partial charge in [0.1, 0.15) is 5.60 Å². The summed E-state index contributed by atoms with van der Waals surface area (Å²) in [5.74, 6) is 0.194. The largest absolute Gasteiger partial charge is 0.371 e. The number of ketones is 1. The van der Waals surface area contributed by atoms with Gasteiger partial charge in [-0.1, -0.05) is 13.0 Å². The molecule has 0 saturated heterocycles. The summed E-state index contributed by atoms with van der Waals surface area (Å²) >= 11 is 0. The normalized spacial score (nSPS) is 15.0. The minimum Gasteiger partial charge on any atom is -0.371 e. The van der Waals surface area contributed by atoms with Gasteiger partial charge in [-0.2, -0.15) is 0 Å². The van der Waals surface area contributed by atoms with Gasteiger partial charge in [0.2, 0.25) is 0 Å². The second kappa shape index (κ2) is 5.92. The Hall–Kier alpha value is -0.630. The summed E-state index contributed by atoms with van der Waals surface area (Å²) in [4.78, 5) is 11.6. The van der Waals surface area contributed by atoms with Crippen LogP contribution in [0.3, 0.4) is 0 Å². The van der Waals surface area contributed by atoms with E-state index in [4.69, 9.17) is 4.74 Å². The van der Waals surface area contributed by atoms with Gasteiger partial charge in [-0.05, 0) is 26.2 Å². The van der Waals surface area contributed by atoms with Crippen LogP contribution in [-0.2, 0) is 9.53 Å². The topological polar surface area (TPSA) is 26.3 Å². The van der Waals surface area contributed by atoms with Crippen molar-refractivity contribution in [3.8, 4) is 0 Å². The third-order valence-electron chi connectivity index (χ3n) is 2.53. The number of ether oxygens (including phenoxy) is 1. The molecular formula is C11H20O2. The fourth-order valence-electron chi connectivity index (χ4n) is 1.13. The summed E-state index contributed by atoms with van der Waals surface area (Å²) in [5.41, 5.74) is -0.582. The molecule has 0 N–H and O–H groups in total. The van der Waals surface area contributed by atoms with E-state index in [9.17, 15) is 4.79 Å². The maximum atomic E-state index is 11.6. The summed E-state index contributed by atoms with van der Waals surface area (Å²) in [6.07, 6.45) is 4.93. The Kier molecular flexibility index (Phi) is 5.63. The number of hydrogen-bond acceptors (Lipinski definition) is 2. The number of unbranched alkanes of at least 4 members (excludes halogenated alkanes) is 1. The number of Topliss-reactive ketones (excluding diaryl/α,β-unsaturated/α-hetero) is 1. The van der Waals surface area contributed by atoms with Gasteiger partial charge in [0, 0.05) is 13.5 Å². The zero-order valence-corrected chi connectivity index (χ0v) is 8.93. The van der Waals surface area contributed by atoms with E-state index < -0.39 is 5.60 Å². The number of hydrogen-bond donors (Lipinski definition) is 0. The summed E-state index contributed by atoms with van der Waals surface area (Å²) in [5, 5.41) is 0. The standard InChI is InChI=1S/C11H20O2/c1-5-7-8-9-10(12)11(3,6-2)13-4/h5H,1,6-9H2,2-4H3. The fraction of sp³-hybridized carbons (Fsp3) is 0.727. The first kappa shape index (κ1) is 12.4. The van der Waals surface area contributed by atoms with Crippen LogP contribution >= 0.6 is 0 Å². The molecule has 1 atom stereocenters. The first-order valence-electron chi connectivity index (χ1n) is 4.80. The molecule has 0 aliphatic rings. The molecule has 2 nitrogen and oxygen atoms in total. The summed E-state index contributed by atoms with van der Waals surface area (Å²) in [6.45, 7) is 7.44. The number of allylic oxidation sites excluding steroid dienone is 1. The maximum Gasteiger partial charge on any atom is 0.164 e. The molecule has 0 amide bonds. The lowest BCUT2D eigenvalue weighted by Crippen LogP contribution is -2.36. The van der Waals surface area contributed by atoms with Crippen molar-refractivity contribution in [3.63, 3.8) is 0 Å². The van der Waals surface area contributed by atoms with Crippen molar-refractivity contribution in [2.24, 2.45) is 0 Å². The SMILES string of the molecule is C=CCCCC(=O)C(C)(CC)OC. The van der Waals surface area contributed by atoms with Crippen molar-refractivity contribution in [1.82, 2.24) is 0 Å². The predicted molar refractivity (Wildman–Crippen MR) is 54.8 cm³/mol. The first-order chi connectivity index (χ1) is 6.10. The molecule has 0 aromatic carbocycles. The van der Waals surface area contributed by atoms with E-state index in [1.54, 1.807) is 7.11 Å². The average molecular weight is 184 g/mol. The van der Waals surface area contributed by atoms with Crippen molar-refractivity contribution >= 4 is 5.78 Å². The molecule has 0 aliphatic heterocycles. The van der Waals surface area contributed by atoms with Crippen LogP contribution < -0.4 is 0 Å². The minimum atomic E-state index is -0.582.